The lowest BCUT2D eigenvalue weighted by Gasteiger charge is -2.24. The van der Waals surface area contributed by atoms with Gasteiger partial charge in [0.25, 0.3) is 17.9 Å². The Labute approximate surface area is 362 Å². The number of amides is 1. The predicted molar refractivity (Wildman–Crippen MR) is 225 cm³/mol. The van der Waals surface area contributed by atoms with Crippen LogP contribution < -0.4 is 15.6 Å². The molecule has 1 fully saturated rings. The number of nitrogens with zero attached hydrogens (tertiary/aromatic N) is 6. The number of aryl methyl sites for hydroxylation is 2. The molecule has 3 atom stereocenters. The summed E-state index contributed by atoms with van der Waals surface area (Å²) in [7, 11) is -2.41. The van der Waals surface area contributed by atoms with E-state index in [4.69, 9.17) is 16.6 Å². The number of hydrogen-bond acceptors (Lipinski definition) is 7. The Morgan fingerprint density at radius 3 is 2.40 bits per heavy atom. The molecule has 2 aliphatic rings. The highest BCUT2D eigenvalue weighted by molar-refractivity contribution is 7.92. The Hall–Kier alpha value is -5.43. The molecular formula is C43H43ClF6N8O4S. The fourth-order valence-electron chi connectivity index (χ4n) is 8.89. The molecule has 3 aromatic carbocycles. The lowest BCUT2D eigenvalue weighted by atomic mass is 10.0. The molecule has 0 radical (unpaired) electrons. The van der Waals surface area contributed by atoms with Crippen LogP contribution in [0.1, 0.15) is 104 Å². The monoisotopic (exact) mass is 916 g/mol. The third-order valence-electron chi connectivity index (χ3n) is 11.7. The van der Waals surface area contributed by atoms with Crippen molar-refractivity contribution in [1.29, 1.82) is 0 Å². The van der Waals surface area contributed by atoms with Gasteiger partial charge >= 0.3 is 0 Å². The van der Waals surface area contributed by atoms with Crippen molar-refractivity contribution in [1.82, 2.24) is 34.4 Å². The molecule has 3 aromatic heterocycles. The molecule has 1 saturated carbocycles. The Morgan fingerprint density at radius 2 is 1.70 bits per heavy atom. The van der Waals surface area contributed by atoms with E-state index in [0.29, 0.717) is 17.2 Å². The molecule has 0 aliphatic heterocycles. The minimum Gasteiger partial charge on any atom is -0.344 e. The predicted octanol–water partition coefficient (Wildman–Crippen LogP) is 8.92. The zero-order valence-electron chi connectivity index (χ0n) is 34.4. The van der Waals surface area contributed by atoms with Gasteiger partial charge in [0.15, 0.2) is 5.82 Å². The number of unbranched alkanes of at least 4 members (excludes halogenated alkanes) is 5. The topological polar surface area (TPSA) is 146 Å². The number of nitrogens with one attached hydrogen (secondary N) is 2. The highest BCUT2D eigenvalue weighted by atomic mass is 35.5. The molecule has 2 aliphatic carbocycles. The standard InChI is InChI=1S/C43H43ClF6N8O4S/c1-4-5-6-7-8-9-10-22-11-12-26-30(17-22)52-41(58(42(26)60)32-14-13-29(44)35-37(32)56(2)54-40(35)55-63(3,61)62)31(18-23-15-24(45)19-25(46)16-23)51-33(59)21-57-38-34(36(53-57)39(47)48)27-20-28(27)43(38,49)50/h11-17,19,27-28,31,39H,4-10,18,20-21H2,1-3H3,(H,51,59)(H,54,55)/t27-,28+,31-/m0/s1. The quantitative estimate of drug-likeness (QED) is 0.0687. The van der Waals surface area contributed by atoms with Crippen LogP contribution in [0.2, 0.25) is 5.02 Å². The van der Waals surface area contributed by atoms with Crippen molar-refractivity contribution in [3.8, 4) is 5.69 Å². The molecule has 3 heterocycles. The van der Waals surface area contributed by atoms with E-state index in [1.54, 1.807) is 12.1 Å². The fraction of sp³-hybridized carbons (Fsp3) is 0.419. The second kappa shape index (κ2) is 16.9. The molecule has 0 spiro atoms. The second-order valence-corrected chi connectivity index (χ2v) is 18.6. The number of fused-ring (bicyclic) bond motifs is 5. The average molecular weight is 917 g/mol. The number of rotatable bonds is 17. The molecule has 6 aromatic rings. The number of hydrogen-bond donors (Lipinski definition) is 2. The summed E-state index contributed by atoms with van der Waals surface area (Å²) in [6.45, 7) is 1.18. The van der Waals surface area contributed by atoms with E-state index in [1.165, 1.54) is 23.9 Å². The lowest BCUT2D eigenvalue weighted by Crippen LogP contribution is -2.38. The van der Waals surface area contributed by atoms with Gasteiger partial charge in [0.05, 0.1) is 44.8 Å². The zero-order valence-corrected chi connectivity index (χ0v) is 35.9. The van der Waals surface area contributed by atoms with Crippen molar-refractivity contribution < 1.29 is 39.6 Å². The van der Waals surface area contributed by atoms with Crippen molar-refractivity contribution in [2.45, 2.75) is 95.6 Å². The van der Waals surface area contributed by atoms with Gasteiger partial charge in [0.2, 0.25) is 15.9 Å². The fourth-order valence-corrected chi connectivity index (χ4v) is 9.63. The van der Waals surface area contributed by atoms with Crippen LogP contribution >= 0.6 is 11.6 Å². The number of alkyl halides is 4. The largest absolute Gasteiger partial charge is 0.344 e. The number of sulfonamides is 1. The Bertz CT molecular complexity index is 2930. The van der Waals surface area contributed by atoms with Gasteiger partial charge in [0.1, 0.15) is 35.4 Å². The van der Waals surface area contributed by atoms with Crippen molar-refractivity contribution in [2.75, 3.05) is 11.0 Å². The normalized spacial score (nSPS) is 17.1. The van der Waals surface area contributed by atoms with Crippen LogP contribution in [0, 0.1) is 17.6 Å². The number of benzene rings is 3. The second-order valence-electron chi connectivity index (χ2n) is 16.4. The van der Waals surface area contributed by atoms with Crippen LogP contribution in [0.4, 0.5) is 32.2 Å². The maximum Gasteiger partial charge on any atom is 0.293 e. The first-order chi connectivity index (χ1) is 29.9. The third-order valence-corrected chi connectivity index (χ3v) is 12.6. The van der Waals surface area contributed by atoms with Gasteiger partial charge in [0, 0.05) is 31.0 Å². The van der Waals surface area contributed by atoms with E-state index in [0.717, 1.165) is 67.0 Å². The van der Waals surface area contributed by atoms with Gasteiger partial charge in [-0.25, -0.2) is 31.0 Å². The van der Waals surface area contributed by atoms with Gasteiger partial charge in [-0.1, -0.05) is 56.7 Å². The van der Waals surface area contributed by atoms with E-state index in [-0.39, 0.29) is 61.7 Å². The summed E-state index contributed by atoms with van der Waals surface area (Å²) in [5.74, 6) is -8.80. The number of anilines is 1. The number of aromatic nitrogens is 6. The SMILES string of the molecule is CCCCCCCCc1ccc2c(=O)n(-c3ccc(Cl)c4c(NS(C)(=O)=O)nn(C)c34)c([C@H](Cc3cc(F)cc(F)c3)NC(=O)Cn3nc(C(F)F)c4c3C(F)(F)[C@@H]3C[C@H]43)nc2c1. The van der Waals surface area contributed by atoms with Crippen LogP contribution in [0.3, 0.4) is 0 Å². The van der Waals surface area contributed by atoms with E-state index in [1.807, 2.05) is 6.07 Å². The summed E-state index contributed by atoms with van der Waals surface area (Å²) >= 11 is 6.64. The minimum absolute atomic E-state index is 0.00327. The smallest absolute Gasteiger partial charge is 0.293 e. The van der Waals surface area contributed by atoms with E-state index >= 15 is 8.78 Å². The Kier molecular flexibility index (Phi) is 11.9. The molecule has 0 unspecified atom stereocenters. The van der Waals surface area contributed by atoms with Crippen LogP contribution in [0.15, 0.2) is 53.3 Å². The highest BCUT2D eigenvalue weighted by Gasteiger charge is 2.67. The van der Waals surface area contributed by atoms with E-state index < -0.39 is 87.7 Å². The molecule has 1 amide bonds. The third kappa shape index (κ3) is 8.65. The maximum absolute atomic E-state index is 15.5. The first-order valence-corrected chi connectivity index (χ1v) is 22.8. The van der Waals surface area contributed by atoms with Crippen molar-refractivity contribution in [2.24, 2.45) is 13.0 Å². The van der Waals surface area contributed by atoms with Gasteiger partial charge in [-0.3, -0.25) is 28.2 Å². The van der Waals surface area contributed by atoms with E-state index in [9.17, 15) is 35.6 Å². The maximum atomic E-state index is 15.5. The molecule has 0 saturated heterocycles. The highest BCUT2D eigenvalue weighted by Crippen LogP contribution is 2.68. The summed E-state index contributed by atoms with van der Waals surface area (Å²) in [5, 5.41) is 11.1. The molecule has 0 bridgehead atoms. The molecule has 63 heavy (non-hydrogen) atoms. The molecule has 8 rings (SSSR count). The summed E-state index contributed by atoms with van der Waals surface area (Å²) in [6, 6.07) is 9.22. The molecule has 12 nitrogen and oxygen atoms in total. The molecule has 20 heteroatoms. The molecular weight excluding hydrogens is 874 g/mol. The van der Waals surface area contributed by atoms with Crippen LogP contribution in [0.5, 0.6) is 0 Å². The Balaban J connectivity index is 1.29. The number of carbonyl (C=O) groups is 1. The summed E-state index contributed by atoms with van der Waals surface area (Å²) in [5.41, 5.74) is -1.26. The lowest BCUT2D eigenvalue weighted by molar-refractivity contribution is -0.123. The van der Waals surface area contributed by atoms with Gasteiger partial charge in [-0.15, -0.1) is 0 Å². The van der Waals surface area contributed by atoms with Crippen molar-refractivity contribution >= 4 is 55.2 Å². The summed E-state index contributed by atoms with van der Waals surface area (Å²) in [4.78, 5) is 34.1. The van der Waals surface area contributed by atoms with Gasteiger partial charge in [-0.05, 0) is 72.7 Å². The summed E-state index contributed by atoms with van der Waals surface area (Å²) < 4.78 is 119. The van der Waals surface area contributed by atoms with Gasteiger partial charge < -0.3 is 5.32 Å². The minimum atomic E-state index is -3.89. The summed E-state index contributed by atoms with van der Waals surface area (Å²) in [6.07, 6.45) is 4.24. The van der Waals surface area contributed by atoms with Crippen LogP contribution in [-0.2, 0) is 47.2 Å². The Morgan fingerprint density at radius 1 is 0.984 bits per heavy atom. The first-order valence-electron chi connectivity index (χ1n) is 20.6. The van der Waals surface area contributed by atoms with Crippen molar-refractivity contribution in [3.63, 3.8) is 0 Å². The average Bonchev–Trinajstić information content (AvgIpc) is 3.74. The van der Waals surface area contributed by atoms with Crippen molar-refractivity contribution in [3.05, 3.63) is 109 Å². The van der Waals surface area contributed by atoms with E-state index in [2.05, 4.69) is 27.2 Å². The first kappa shape index (κ1) is 44.2. The molecule has 334 valence electrons. The zero-order chi connectivity index (χ0) is 45.1. The van der Waals surface area contributed by atoms with Gasteiger partial charge in [-0.2, -0.15) is 19.0 Å². The van der Waals surface area contributed by atoms with Crippen LogP contribution in [-0.4, -0.2) is 49.7 Å². The number of carbonyl (C=O) groups excluding carboxylic acids is 1. The molecule has 2 N–H and O–H groups in total. The number of halogens is 7. The van der Waals surface area contributed by atoms with Crippen LogP contribution in [0.25, 0.3) is 27.5 Å².